The number of aryl methyl sites for hydroxylation is 1. The average Bonchev–Trinajstić information content (AvgIpc) is 1.61. The van der Waals surface area contributed by atoms with E-state index in [0.29, 0.717) is 22.5 Å². The van der Waals surface area contributed by atoms with Gasteiger partial charge in [0.2, 0.25) is 5.28 Å². The third kappa shape index (κ3) is 21.8. The summed E-state index contributed by atoms with van der Waals surface area (Å²) in [6.07, 6.45) is -5.81. The molecule has 6 heterocycles. The number of nitrogens with zero attached hydrogens (tertiary/aromatic N) is 7. The summed E-state index contributed by atoms with van der Waals surface area (Å²) in [5.74, 6) is -2.08. The summed E-state index contributed by atoms with van der Waals surface area (Å²) in [7, 11) is -13.3. The molecule has 0 saturated carbocycles. The number of halogens is 3. The molecule has 2 aliphatic rings. The first-order chi connectivity index (χ1) is 42.5. The number of aromatic nitrogens is 7. The van der Waals surface area contributed by atoms with Crippen molar-refractivity contribution in [1.29, 1.82) is 0 Å². The van der Waals surface area contributed by atoms with Gasteiger partial charge in [-0.05, 0) is 102 Å². The van der Waals surface area contributed by atoms with Gasteiger partial charge in [0.1, 0.15) is 41.0 Å². The molecule has 2 fully saturated rings. The van der Waals surface area contributed by atoms with Crippen LogP contribution in [-0.4, -0.2) is 191 Å². The summed E-state index contributed by atoms with van der Waals surface area (Å²) >= 11 is 6.08. The van der Waals surface area contributed by atoms with Gasteiger partial charge in [0.25, 0.3) is 30.1 Å². The lowest BCUT2D eigenvalue weighted by atomic mass is 9.82. The Hall–Kier alpha value is -4.48. The van der Waals surface area contributed by atoms with Gasteiger partial charge in [0, 0.05) is 38.9 Å². The molecule has 0 aromatic carbocycles. The van der Waals surface area contributed by atoms with E-state index in [1.807, 2.05) is 0 Å². The molecule has 0 aliphatic carbocycles. The number of alkyl halides is 2. The lowest BCUT2D eigenvalue weighted by molar-refractivity contribution is -0.149. The first-order valence-electron chi connectivity index (χ1n) is 29.6. The second kappa shape index (κ2) is 33.2. The lowest BCUT2D eigenvalue weighted by Crippen LogP contribution is -2.43. The highest BCUT2D eigenvalue weighted by atomic mass is 35.5. The Morgan fingerprint density at radius 2 is 0.903 bits per heavy atom. The van der Waals surface area contributed by atoms with Crippen LogP contribution in [0, 0.1) is 17.8 Å². The van der Waals surface area contributed by atoms with Gasteiger partial charge in [-0.2, -0.15) is 4.98 Å². The molecule has 0 spiro atoms. The van der Waals surface area contributed by atoms with Gasteiger partial charge in [-0.25, -0.2) is 49.1 Å². The number of fused-ring (bicyclic) bond motifs is 2. The largest absolute Gasteiger partial charge is 0.494 e. The molecule has 6 rings (SSSR count). The van der Waals surface area contributed by atoms with E-state index in [-0.39, 0.29) is 48.4 Å². The van der Waals surface area contributed by atoms with E-state index in [9.17, 15) is 37.4 Å². The normalized spacial score (nSPS) is 25.4. The molecular weight excluding hydrogens is 1330 g/mol. The molecule has 93 heavy (non-hydrogen) atoms. The van der Waals surface area contributed by atoms with Gasteiger partial charge in [-0.1, -0.05) is 21.3 Å². The van der Waals surface area contributed by atoms with E-state index >= 15 is 8.78 Å². The second-order valence-corrected chi connectivity index (χ2v) is 33.6. The van der Waals surface area contributed by atoms with Crippen molar-refractivity contribution in [2.75, 3.05) is 60.2 Å². The monoisotopic (exact) mass is 1420 g/mol. The standard InChI is InChI=1S/C28H46FN5O10P2.C27H44ClFN6O9P2.CH4/c1-16(2)42-26(35)18(5)32-45(9,37)40-13-21-28(7,14-41-46(10,38)33-19(6)27(36)43-17(3)4)23(29)25(44-21)34-15-31-22-20(39-8)11-12-30-24(22)34;1-14(2)42-24(36)17(6)33-45(9,38)40-11-19-27(8,12-41-46(10,39)34-18(7)25(37)43-15(3)4)21(29)23(44-19)35-13-30-20-16(5)31-26(28)32-22(20)35;/h11-12,15-19,21,23,25H,13-14H2,1-10H3,(H,32,37)(H,33,38);13-15,17-19,21,23H,11-12H2,1-10H3,(H,33,38)(H,34,39);1H4/t18-,19-,21+,23-,25+,28?,45?,46?;17-,18-,19+,21-,23-,27?,45?,46?;/m00./s1. The van der Waals surface area contributed by atoms with Crippen molar-refractivity contribution >= 4 is 87.9 Å². The van der Waals surface area contributed by atoms with Gasteiger partial charge in [-0.3, -0.25) is 46.6 Å². The Morgan fingerprint density at radius 1 is 0.570 bits per heavy atom. The molecule has 528 valence electrons. The third-order valence-corrected chi connectivity index (χ3v) is 20.4. The number of esters is 4. The molecule has 0 radical (unpaired) electrons. The van der Waals surface area contributed by atoms with Crippen LogP contribution in [0.1, 0.15) is 123 Å². The predicted molar refractivity (Wildman–Crippen MR) is 343 cm³/mol. The summed E-state index contributed by atoms with van der Waals surface area (Å²) < 4.78 is 151. The van der Waals surface area contributed by atoms with E-state index in [4.69, 9.17) is 62.9 Å². The Labute approximate surface area is 547 Å². The number of hydrogen-bond acceptors (Lipinski definition) is 24. The summed E-state index contributed by atoms with van der Waals surface area (Å²) in [5.41, 5.74) is -1.34. The number of imidazole rings is 2. The first kappa shape index (κ1) is 81.0. The van der Waals surface area contributed by atoms with E-state index in [1.54, 1.807) is 68.4 Å². The zero-order valence-electron chi connectivity index (χ0n) is 55.5. The number of nitrogens with one attached hydrogen (secondary N) is 4. The molecule has 16 atom stereocenters. The fourth-order valence-corrected chi connectivity index (χ4v) is 15.2. The summed E-state index contributed by atoms with van der Waals surface area (Å²) in [6, 6.07) is -2.27. The van der Waals surface area contributed by atoms with Gasteiger partial charge in [0.15, 0.2) is 36.1 Å². The molecule has 4 N–H and O–H groups in total. The zero-order chi connectivity index (χ0) is 69.4. The van der Waals surface area contributed by atoms with Crippen LogP contribution >= 0.6 is 41.7 Å². The van der Waals surface area contributed by atoms with Gasteiger partial charge in [0.05, 0.1) is 99.3 Å². The maximum Gasteiger partial charge on any atom is 0.323 e. The minimum atomic E-state index is -3.71. The topological polar surface area (TPSA) is 361 Å². The number of rotatable bonds is 31. The Morgan fingerprint density at radius 3 is 1.25 bits per heavy atom. The van der Waals surface area contributed by atoms with Crippen molar-refractivity contribution in [3.63, 3.8) is 0 Å². The fraction of sp³-hybridized carbons (Fsp3) is 0.732. The van der Waals surface area contributed by atoms with Crippen LogP contribution in [0.25, 0.3) is 22.3 Å². The smallest absolute Gasteiger partial charge is 0.323 e. The highest BCUT2D eigenvalue weighted by Crippen LogP contribution is 2.54. The van der Waals surface area contributed by atoms with Crippen LogP contribution in [0.3, 0.4) is 0 Å². The molecule has 0 bridgehead atoms. The maximum absolute atomic E-state index is 16.6. The number of ether oxygens (including phenoxy) is 7. The Balaban J connectivity index is 0.000000392. The molecule has 30 nitrogen and oxygen atoms in total. The van der Waals surface area contributed by atoms with Crippen LogP contribution in [-0.2, 0) is 84.0 Å². The highest BCUT2D eigenvalue weighted by molar-refractivity contribution is 7.57. The second-order valence-electron chi connectivity index (χ2n) is 24.5. The number of methoxy groups -OCH3 is 1. The SMILES string of the molecule is C.COc1ccnc2c1ncn2[C@@H]1O[C@H](COP(C)(=O)N[C@@H](C)C(=O)OC(C)C)C(C)(COP(C)(=O)N[C@@H](C)C(=O)OC(C)C)[C@H]1F.Cc1nc(Cl)nc2c1ncn2[C@H]1O[C@H](COP(C)(=O)N[C@@H](C)C(=O)OC(C)C)C(C)(COP(C)(=O)N[C@@H](C)C(=O)OC(C)C)[C@H]1F. The third-order valence-electron chi connectivity index (χ3n) is 14.3. The number of hydrogen-bond donors (Lipinski definition) is 4. The number of carbonyl (C=O) groups is 4. The molecule has 4 aromatic rings. The van der Waals surface area contributed by atoms with E-state index < -0.39 is 152 Å². The van der Waals surface area contributed by atoms with Gasteiger partial charge in [-0.15, -0.1) is 0 Å². The van der Waals surface area contributed by atoms with Crippen molar-refractivity contribution in [2.45, 2.75) is 197 Å². The van der Waals surface area contributed by atoms with Crippen molar-refractivity contribution < 1.29 is 97.5 Å². The van der Waals surface area contributed by atoms with Gasteiger partial charge >= 0.3 is 23.9 Å². The quantitative estimate of drug-likeness (QED) is 0.0158. The van der Waals surface area contributed by atoms with Crippen LogP contribution in [0.2, 0.25) is 5.28 Å². The summed E-state index contributed by atoms with van der Waals surface area (Å²) in [6.45, 7) is 27.4. The predicted octanol–water partition coefficient (Wildman–Crippen LogP) is 9.42. The molecule has 2 saturated heterocycles. The van der Waals surface area contributed by atoms with Crippen LogP contribution in [0.4, 0.5) is 8.78 Å². The first-order valence-corrected chi connectivity index (χ1v) is 38.2. The fourth-order valence-electron chi connectivity index (χ4n) is 9.53. The average molecular weight is 1420 g/mol. The number of carbonyl (C=O) groups excluding carboxylic acids is 4. The molecular formula is C56H94ClF2N11O19P4. The minimum absolute atomic E-state index is 0. The van der Waals surface area contributed by atoms with E-state index in [0.717, 1.165) is 0 Å². The van der Waals surface area contributed by atoms with E-state index in [2.05, 4.69) is 45.3 Å². The van der Waals surface area contributed by atoms with Crippen molar-refractivity contribution in [3.05, 3.63) is 35.9 Å². The molecule has 2 aliphatic heterocycles. The molecule has 6 unspecified atom stereocenters. The minimum Gasteiger partial charge on any atom is -0.494 e. The Kier molecular flexibility index (Phi) is 28.9. The maximum atomic E-state index is 16.6. The molecule has 0 amide bonds. The molecule has 4 aromatic heterocycles. The Bertz CT molecular complexity index is 3430. The molecule has 37 heteroatoms. The van der Waals surface area contributed by atoms with Crippen molar-refractivity contribution in [2.24, 2.45) is 10.8 Å². The van der Waals surface area contributed by atoms with Gasteiger partial charge < -0.3 is 51.3 Å². The summed E-state index contributed by atoms with van der Waals surface area (Å²) in [4.78, 5) is 70.4. The summed E-state index contributed by atoms with van der Waals surface area (Å²) in [5, 5.41) is 10.5. The number of pyridine rings is 1. The van der Waals surface area contributed by atoms with Crippen LogP contribution in [0.15, 0.2) is 24.9 Å². The van der Waals surface area contributed by atoms with E-state index in [1.165, 1.54) is 103 Å². The van der Waals surface area contributed by atoms with Crippen molar-refractivity contribution in [1.82, 2.24) is 54.4 Å². The zero-order valence-corrected chi connectivity index (χ0v) is 59.9. The van der Waals surface area contributed by atoms with Crippen molar-refractivity contribution in [3.8, 4) is 5.75 Å². The van der Waals surface area contributed by atoms with Crippen LogP contribution < -0.4 is 25.1 Å². The van der Waals surface area contributed by atoms with Crippen LogP contribution in [0.5, 0.6) is 5.75 Å². The lowest BCUT2D eigenvalue weighted by Gasteiger charge is -2.33. The highest BCUT2D eigenvalue weighted by Gasteiger charge is 2.58.